The Labute approximate surface area is 132 Å². The molecule has 0 saturated heterocycles. The molecule has 5 nitrogen and oxygen atoms in total. The summed E-state index contributed by atoms with van der Waals surface area (Å²) < 4.78 is 10.9. The molecule has 0 aliphatic carbocycles. The van der Waals surface area contributed by atoms with Crippen LogP contribution in [0.3, 0.4) is 0 Å². The molecule has 0 radical (unpaired) electrons. The van der Waals surface area contributed by atoms with Crippen molar-refractivity contribution in [2.24, 2.45) is 0 Å². The normalized spacial score (nSPS) is 10.7. The molecule has 114 valence electrons. The van der Waals surface area contributed by atoms with E-state index >= 15 is 0 Å². The first-order chi connectivity index (χ1) is 9.92. The number of esters is 1. The summed E-state index contributed by atoms with van der Waals surface area (Å²) in [5.41, 5.74) is 0.732. The molecule has 6 heteroatoms. The SMILES string of the molecule is COc1ccc(Br)cc1/C=C/C(=O)OCC(=O)NC(C)C. The molecule has 0 bridgehead atoms. The van der Waals surface area contributed by atoms with Gasteiger partial charge < -0.3 is 14.8 Å². The van der Waals surface area contributed by atoms with Crippen molar-refractivity contribution in [3.8, 4) is 5.75 Å². The molecule has 0 unspecified atom stereocenters. The maximum absolute atomic E-state index is 11.5. The van der Waals surface area contributed by atoms with E-state index in [1.807, 2.05) is 26.0 Å². The van der Waals surface area contributed by atoms with E-state index in [0.717, 1.165) is 10.0 Å². The first kappa shape index (κ1) is 17.2. The van der Waals surface area contributed by atoms with Crippen LogP contribution >= 0.6 is 15.9 Å². The van der Waals surface area contributed by atoms with Gasteiger partial charge in [0, 0.05) is 22.2 Å². The smallest absolute Gasteiger partial charge is 0.331 e. The standard InChI is InChI=1S/C15H18BrNO4/c1-10(2)17-14(18)9-21-15(19)7-4-11-8-12(16)5-6-13(11)20-3/h4-8,10H,9H2,1-3H3,(H,17,18)/b7-4+. The molecule has 0 saturated carbocycles. The van der Waals surface area contributed by atoms with Crippen molar-refractivity contribution in [3.63, 3.8) is 0 Å². The second-order valence-electron chi connectivity index (χ2n) is 4.55. The number of ether oxygens (including phenoxy) is 2. The molecule has 1 amide bonds. The number of methoxy groups -OCH3 is 1. The molecule has 0 aliphatic rings. The van der Waals surface area contributed by atoms with Crippen LogP contribution in [-0.2, 0) is 14.3 Å². The molecule has 1 aromatic rings. The average Bonchev–Trinajstić information content (AvgIpc) is 2.42. The van der Waals surface area contributed by atoms with Gasteiger partial charge in [0.05, 0.1) is 7.11 Å². The second-order valence-corrected chi connectivity index (χ2v) is 5.47. The van der Waals surface area contributed by atoms with Gasteiger partial charge in [0.2, 0.25) is 0 Å². The van der Waals surface area contributed by atoms with Crippen LogP contribution < -0.4 is 10.1 Å². The van der Waals surface area contributed by atoms with E-state index in [4.69, 9.17) is 9.47 Å². The Morgan fingerprint density at radius 3 is 2.71 bits per heavy atom. The van der Waals surface area contributed by atoms with Gasteiger partial charge in [-0.05, 0) is 38.1 Å². The maximum Gasteiger partial charge on any atom is 0.331 e. The average molecular weight is 356 g/mol. The molecule has 21 heavy (non-hydrogen) atoms. The van der Waals surface area contributed by atoms with Crippen molar-refractivity contribution < 1.29 is 19.1 Å². The highest BCUT2D eigenvalue weighted by Crippen LogP contribution is 2.24. The molecule has 1 rings (SSSR count). The number of hydrogen-bond donors (Lipinski definition) is 1. The Morgan fingerprint density at radius 1 is 1.38 bits per heavy atom. The van der Waals surface area contributed by atoms with Crippen LogP contribution in [0.1, 0.15) is 19.4 Å². The van der Waals surface area contributed by atoms with Gasteiger partial charge in [-0.2, -0.15) is 0 Å². The molecule has 0 atom stereocenters. The third-order valence-corrected chi connectivity index (χ3v) is 2.88. The first-order valence-electron chi connectivity index (χ1n) is 6.40. The maximum atomic E-state index is 11.5. The number of rotatable bonds is 6. The van der Waals surface area contributed by atoms with E-state index in [1.165, 1.54) is 6.08 Å². The lowest BCUT2D eigenvalue weighted by Crippen LogP contribution is -2.33. The molecule has 1 N–H and O–H groups in total. The summed E-state index contributed by atoms with van der Waals surface area (Å²) in [7, 11) is 1.55. The molecule has 0 aromatic heterocycles. The predicted molar refractivity (Wildman–Crippen MR) is 84.0 cm³/mol. The molecule has 0 spiro atoms. The second kappa shape index (κ2) is 8.46. The summed E-state index contributed by atoms with van der Waals surface area (Å²) in [5.74, 6) is -0.275. The zero-order chi connectivity index (χ0) is 15.8. The Kier molecular flexibility index (Phi) is 6.94. The summed E-state index contributed by atoms with van der Waals surface area (Å²) in [5, 5.41) is 2.63. The van der Waals surface area contributed by atoms with Gasteiger partial charge in [-0.1, -0.05) is 15.9 Å². The van der Waals surface area contributed by atoms with E-state index in [1.54, 1.807) is 19.3 Å². The number of halogens is 1. The van der Waals surface area contributed by atoms with E-state index in [0.29, 0.717) is 5.75 Å². The lowest BCUT2D eigenvalue weighted by molar-refractivity contribution is -0.143. The van der Waals surface area contributed by atoms with E-state index < -0.39 is 5.97 Å². The van der Waals surface area contributed by atoms with Crippen LogP contribution in [0.15, 0.2) is 28.7 Å². The summed E-state index contributed by atoms with van der Waals surface area (Å²) in [6.45, 7) is 3.37. The Hall–Kier alpha value is -1.82. The van der Waals surface area contributed by atoms with Gasteiger partial charge in [0.25, 0.3) is 5.91 Å². The Morgan fingerprint density at radius 2 is 2.10 bits per heavy atom. The van der Waals surface area contributed by atoms with Gasteiger partial charge >= 0.3 is 5.97 Å². The predicted octanol–water partition coefficient (Wildman–Crippen LogP) is 2.54. The molecule has 0 heterocycles. The minimum Gasteiger partial charge on any atom is -0.496 e. The number of benzene rings is 1. The van der Waals surface area contributed by atoms with E-state index in [2.05, 4.69) is 21.2 Å². The minimum absolute atomic E-state index is 0.0117. The fourth-order valence-corrected chi connectivity index (χ4v) is 1.92. The van der Waals surface area contributed by atoms with E-state index in [9.17, 15) is 9.59 Å². The topological polar surface area (TPSA) is 64.6 Å². The van der Waals surface area contributed by atoms with Gasteiger partial charge in [-0.3, -0.25) is 4.79 Å². The van der Waals surface area contributed by atoms with Gasteiger partial charge in [-0.25, -0.2) is 4.79 Å². The zero-order valence-electron chi connectivity index (χ0n) is 12.2. The Bertz CT molecular complexity index is 540. The lowest BCUT2D eigenvalue weighted by Gasteiger charge is -2.08. The Balaban J connectivity index is 2.58. The third kappa shape index (κ3) is 6.44. The number of hydrogen-bond acceptors (Lipinski definition) is 4. The highest BCUT2D eigenvalue weighted by molar-refractivity contribution is 9.10. The highest BCUT2D eigenvalue weighted by atomic mass is 79.9. The van der Waals surface area contributed by atoms with Crippen molar-refractivity contribution in [2.75, 3.05) is 13.7 Å². The van der Waals surface area contributed by atoms with Crippen LogP contribution in [0.4, 0.5) is 0 Å². The van der Waals surface area contributed by atoms with Gasteiger partial charge in [0.1, 0.15) is 5.75 Å². The minimum atomic E-state index is -0.587. The third-order valence-electron chi connectivity index (χ3n) is 2.39. The monoisotopic (exact) mass is 355 g/mol. The number of carbonyl (C=O) groups excluding carboxylic acids is 2. The summed E-state index contributed by atoms with van der Waals surface area (Å²) in [6, 6.07) is 5.45. The van der Waals surface area contributed by atoms with Gasteiger partial charge in [-0.15, -0.1) is 0 Å². The van der Waals surface area contributed by atoms with Crippen LogP contribution in [0, 0.1) is 0 Å². The van der Waals surface area contributed by atoms with Crippen molar-refractivity contribution in [2.45, 2.75) is 19.9 Å². The number of nitrogens with one attached hydrogen (secondary N) is 1. The zero-order valence-corrected chi connectivity index (χ0v) is 13.8. The highest BCUT2D eigenvalue weighted by Gasteiger charge is 2.06. The fraction of sp³-hybridized carbons (Fsp3) is 0.333. The van der Waals surface area contributed by atoms with Crippen molar-refractivity contribution in [1.29, 1.82) is 0 Å². The van der Waals surface area contributed by atoms with E-state index in [-0.39, 0.29) is 18.6 Å². The van der Waals surface area contributed by atoms with Crippen molar-refractivity contribution in [1.82, 2.24) is 5.32 Å². The lowest BCUT2D eigenvalue weighted by atomic mass is 10.2. The van der Waals surface area contributed by atoms with Crippen LogP contribution in [-0.4, -0.2) is 31.6 Å². The van der Waals surface area contributed by atoms with Crippen LogP contribution in [0.25, 0.3) is 6.08 Å². The molecular formula is C15H18BrNO4. The van der Waals surface area contributed by atoms with Gasteiger partial charge in [0.15, 0.2) is 6.61 Å². The van der Waals surface area contributed by atoms with Crippen molar-refractivity contribution >= 4 is 33.9 Å². The number of amides is 1. The summed E-state index contributed by atoms with van der Waals surface area (Å²) >= 11 is 3.35. The summed E-state index contributed by atoms with van der Waals surface area (Å²) in [4.78, 5) is 22.9. The van der Waals surface area contributed by atoms with Crippen LogP contribution in [0.2, 0.25) is 0 Å². The molecule has 0 aliphatic heterocycles. The molecular weight excluding hydrogens is 338 g/mol. The van der Waals surface area contributed by atoms with Crippen LogP contribution in [0.5, 0.6) is 5.75 Å². The molecule has 1 aromatic carbocycles. The fourth-order valence-electron chi connectivity index (χ4n) is 1.54. The number of carbonyl (C=O) groups is 2. The summed E-state index contributed by atoms with van der Waals surface area (Å²) in [6.07, 6.45) is 2.83. The van der Waals surface area contributed by atoms with Crippen molar-refractivity contribution in [3.05, 3.63) is 34.3 Å². The quantitative estimate of drug-likeness (QED) is 0.629. The first-order valence-corrected chi connectivity index (χ1v) is 7.19. The molecule has 0 fully saturated rings. The largest absolute Gasteiger partial charge is 0.496 e.